The first-order valence-corrected chi connectivity index (χ1v) is 13.9. The third-order valence-electron chi connectivity index (χ3n) is 6.40. The summed E-state index contributed by atoms with van der Waals surface area (Å²) in [6.45, 7) is 2.99. The maximum absolute atomic E-state index is 12.1. The number of carbonyl (C=O) groups excluding carboxylic acids is 1. The van der Waals surface area contributed by atoms with Crippen LogP contribution in [0.1, 0.15) is 120 Å². The zero-order valence-corrected chi connectivity index (χ0v) is 21.8. The van der Waals surface area contributed by atoms with Crippen molar-refractivity contribution in [3.63, 3.8) is 0 Å². The standard InChI is InChI=1S/C31H46O4/c1-2-3-4-5-6-7-8-9-10-11-12-13-14-15-16-17-26-34-29-22-24-30(25-23-29)35-31(33)27-18-20-28(32)21-19-27/h18-25,32H,2-17,26H2,1H3. The molecule has 0 atom stereocenters. The Morgan fingerprint density at radius 1 is 0.600 bits per heavy atom. The summed E-state index contributed by atoms with van der Waals surface area (Å²) in [6, 6.07) is 13.1. The molecule has 194 valence electrons. The molecule has 35 heavy (non-hydrogen) atoms. The van der Waals surface area contributed by atoms with E-state index in [1.807, 2.05) is 12.1 Å². The van der Waals surface area contributed by atoms with E-state index in [2.05, 4.69) is 6.92 Å². The van der Waals surface area contributed by atoms with Crippen LogP contribution in [0.3, 0.4) is 0 Å². The molecule has 4 nitrogen and oxygen atoms in total. The van der Waals surface area contributed by atoms with Gasteiger partial charge in [-0.2, -0.15) is 0 Å². The van der Waals surface area contributed by atoms with Crippen LogP contribution in [-0.4, -0.2) is 17.7 Å². The number of rotatable bonds is 20. The topological polar surface area (TPSA) is 55.8 Å². The quantitative estimate of drug-likeness (QED) is 0.116. The van der Waals surface area contributed by atoms with E-state index in [4.69, 9.17) is 9.47 Å². The van der Waals surface area contributed by atoms with E-state index >= 15 is 0 Å². The lowest BCUT2D eigenvalue weighted by Gasteiger charge is -2.08. The fourth-order valence-corrected chi connectivity index (χ4v) is 4.21. The van der Waals surface area contributed by atoms with Crippen LogP contribution in [0.4, 0.5) is 0 Å². The number of phenolic OH excluding ortho intramolecular Hbond substituents is 1. The normalized spacial score (nSPS) is 10.9. The molecule has 0 radical (unpaired) electrons. The Bertz CT molecular complexity index is 783. The summed E-state index contributed by atoms with van der Waals surface area (Å²) in [7, 11) is 0. The highest BCUT2D eigenvalue weighted by atomic mass is 16.5. The second-order valence-corrected chi connectivity index (χ2v) is 9.56. The van der Waals surface area contributed by atoms with Gasteiger partial charge in [0.1, 0.15) is 17.2 Å². The molecule has 0 aliphatic heterocycles. The van der Waals surface area contributed by atoms with Gasteiger partial charge in [-0.1, -0.05) is 103 Å². The van der Waals surface area contributed by atoms with Crippen LogP contribution < -0.4 is 9.47 Å². The first-order chi connectivity index (χ1) is 17.2. The van der Waals surface area contributed by atoms with E-state index in [0.717, 1.165) is 12.2 Å². The molecule has 0 heterocycles. The number of unbranched alkanes of at least 4 members (excludes halogenated alkanes) is 15. The molecule has 0 amide bonds. The second-order valence-electron chi connectivity index (χ2n) is 9.56. The average Bonchev–Trinajstić information content (AvgIpc) is 2.87. The number of ether oxygens (including phenoxy) is 2. The van der Waals surface area contributed by atoms with Gasteiger partial charge in [0.15, 0.2) is 0 Å². The Morgan fingerprint density at radius 2 is 1.03 bits per heavy atom. The first-order valence-electron chi connectivity index (χ1n) is 13.9. The van der Waals surface area contributed by atoms with Gasteiger partial charge in [-0.15, -0.1) is 0 Å². The number of aromatic hydroxyl groups is 1. The Hall–Kier alpha value is -2.49. The van der Waals surface area contributed by atoms with Crippen molar-refractivity contribution in [2.75, 3.05) is 6.61 Å². The predicted molar refractivity (Wildman–Crippen MR) is 145 cm³/mol. The van der Waals surface area contributed by atoms with E-state index in [0.29, 0.717) is 17.9 Å². The van der Waals surface area contributed by atoms with Gasteiger partial charge in [0.05, 0.1) is 12.2 Å². The summed E-state index contributed by atoms with van der Waals surface area (Å²) >= 11 is 0. The lowest BCUT2D eigenvalue weighted by atomic mass is 10.0. The van der Waals surface area contributed by atoms with Crippen molar-refractivity contribution >= 4 is 5.97 Å². The molecule has 2 rings (SSSR count). The maximum Gasteiger partial charge on any atom is 0.343 e. The van der Waals surface area contributed by atoms with Crippen LogP contribution >= 0.6 is 0 Å². The van der Waals surface area contributed by atoms with Gasteiger partial charge in [0, 0.05) is 0 Å². The molecule has 0 fully saturated rings. The molecule has 0 saturated heterocycles. The third-order valence-corrected chi connectivity index (χ3v) is 6.40. The third kappa shape index (κ3) is 13.9. The fraction of sp³-hybridized carbons (Fsp3) is 0.581. The van der Waals surface area contributed by atoms with Gasteiger partial charge in [0.2, 0.25) is 0 Å². The molecule has 2 aromatic rings. The Kier molecular flexibility index (Phi) is 15.4. The SMILES string of the molecule is CCCCCCCCCCCCCCCCCCOc1ccc(OC(=O)c2ccc(O)cc2)cc1. The molecule has 0 unspecified atom stereocenters. The number of carbonyl (C=O) groups is 1. The van der Waals surface area contributed by atoms with Crippen LogP contribution in [0, 0.1) is 0 Å². The van der Waals surface area contributed by atoms with E-state index in [1.54, 1.807) is 12.1 Å². The van der Waals surface area contributed by atoms with E-state index < -0.39 is 5.97 Å². The predicted octanol–water partition coefficient (Wildman–Crippen LogP) is 9.25. The molecule has 1 N–H and O–H groups in total. The molecule has 0 bridgehead atoms. The van der Waals surface area contributed by atoms with Crippen LogP contribution in [-0.2, 0) is 0 Å². The van der Waals surface area contributed by atoms with Crippen molar-refractivity contribution in [2.24, 2.45) is 0 Å². The minimum Gasteiger partial charge on any atom is -0.508 e. The number of phenols is 1. The smallest absolute Gasteiger partial charge is 0.343 e. The highest BCUT2D eigenvalue weighted by molar-refractivity contribution is 5.91. The molecular formula is C31H46O4. The fourth-order valence-electron chi connectivity index (χ4n) is 4.21. The molecule has 0 aromatic heterocycles. The van der Waals surface area contributed by atoms with Crippen molar-refractivity contribution in [2.45, 2.75) is 110 Å². The number of hydrogen-bond donors (Lipinski definition) is 1. The summed E-state index contributed by atoms with van der Waals surface area (Å²) in [6.07, 6.45) is 21.8. The van der Waals surface area contributed by atoms with Gasteiger partial charge in [-0.3, -0.25) is 0 Å². The van der Waals surface area contributed by atoms with Gasteiger partial charge >= 0.3 is 5.97 Å². The summed E-state index contributed by atoms with van der Waals surface area (Å²) in [5.74, 6) is 0.924. The highest BCUT2D eigenvalue weighted by Gasteiger charge is 2.08. The first kappa shape index (κ1) is 28.7. The number of esters is 1. The monoisotopic (exact) mass is 482 g/mol. The zero-order chi connectivity index (χ0) is 25.0. The van der Waals surface area contributed by atoms with Gasteiger partial charge in [0.25, 0.3) is 0 Å². The number of benzene rings is 2. The van der Waals surface area contributed by atoms with Gasteiger partial charge in [-0.25, -0.2) is 4.79 Å². The summed E-state index contributed by atoms with van der Waals surface area (Å²) in [5, 5.41) is 9.31. The molecular weight excluding hydrogens is 436 g/mol. The zero-order valence-electron chi connectivity index (χ0n) is 21.8. The van der Waals surface area contributed by atoms with Crippen LogP contribution in [0.2, 0.25) is 0 Å². The van der Waals surface area contributed by atoms with E-state index in [-0.39, 0.29) is 5.75 Å². The minimum absolute atomic E-state index is 0.118. The summed E-state index contributed by atoms with van der Waals surface area (Å²) < 4.78 is 11.2. The maximum atomic E-state index is 12.1. The van der Waals surface area contributed by atoms with Crippen molar-refractivity contribution in [1.29, 1.82) is 0 Å². The Labute approximate surface area is 213 Å². The Balaban J connectivity index is 1.40. The van der Waals surface area contributed by atoms with E-state index in [1.165, 1.54) is 121 Å². The summed E-state index contributed by atoms with van der Waals surface area (Å²) in [5.41, 5.74) is 0.395. The molecule has 0 aliphatic rings. The van der Waals surface area contributed by atoms with Crippen LogP contribution in [0.15, 0.2) is 48.5 Å². The lowest BCUT2D eigenvalue weighted by molar-refractivity contribution is 0.0734. The van der Waals surface area contributed by atoms with Crippen LogP contribution in [0.5, 0.6) is 17.2 Å². The van der Waals surface area contributed by atoms with Crippen molar-refractivity contribution in [3.8, 4) is 17.2 Å². The van der Waals surface area contributed by atoms with Gasteiger partial charge < -0.3 is 14.6 Å². The molecule has 0 saturated carbocycles. The lowest BCUT2D eigenvalue weighted by Crippen LogP contribution is -2.08. The van der Waals surface area contributed by atoms with Gasteiger partial charge in [-0.05, 0) is 55.0 Å². The number of hydrogen-bond acceptors (Lipinski definition) is 4. The Morgan fingerprint density at radius 3 is 1.51 bits per heavy atom. The van der Waals surface area contributed by atoms with E-state index in [9.17, 15) is 9.90 Å². The molecule has 0 spiro atoms. The molecule has 0 aliphatic carbocycles. The molecule has 4 heteroatoms. The molecule has 2 aromatic carbocycles. The largest absolute Gasteiger partial charge is 0.508 e. The minimum atomic E-state index is -0.452. The summed E-state index contributed by atoms with van der Waals surface area (Å²) in [4.78, 5) is 12.1. The highest BCUT2D eigenvalue weighted by Crippen LogP contribution is 2.20. The van der Waals surface area contributed by atoms with Crippen molar-refractivity contribution in [3.05, 3.63) is 54.1 Å². The van der Waals surface area contributed by atoms with Crippen molar-refractivity contribution < 1.29 is 19.4 Å². The van der Waals surface area contributed by atoms with Crippen molar-refractivity contribution in [1.82, 2.24) is 0 Å². The average molecular weight is 483 g/mol. The second kappa shape index (κ2) is 18.8. The van der Waals surface area contributed by atoms with Crippen LogP contribution in [0.25, 0.3) is 0 Å².